The van der Waals surface area contributed by atoms with Crippen molar-refractivity contribution in [2.45, 2.75) is 0 Å². The number of sulfonamides is 1. The maximum atomic E-state index is 12.0. The van der Waals surface area contributed by atoms with Crippen LogP contribution in [0.4, 0.5) is 0 Å². The van der Waals surface area contributed by atoms with Crippen LogP contribution in [0.2, 0.25) is 10.0 Å². The lowest BCUT2D eigenvalue weighted by Gasteiger charge is -2.33. The molecule has 142 valence electrons. The third kappa shape index (κ3) is 5.98. The van der Waals surface area contributed by atoms with Crippen molar-refractivity contribution in [2.75, 3.05) is 39.0 Å². The predicted molar refractivity (Wildman–Crippen MR) is 99.5 cm³/mol. The molecule has 0 atom stereocenters. The van der Waals surface area contributed by atoms with Crippen LogP contribution in [0.5, 0.6) is 0 Å². The monoisotopic (exact) mass is 420 g/mol. The first-order chi connectivity index (χ1) is 12.2. The zero-order chi connectivity index (χ0) is 19.3. The van der Waals surface area contributed by atoms with E-state index in [0.29, 0.717) is 15.6 Å². The molecular formula is C16H18Cl2N2O5S. The number of carbonyl (C=O) groups is 2. The number of hydrogen-bond acceptors (Lipinski definition) is 5. The van der Waals surface area contributed by atoms with Gasteiger partial charge in [0.05, 0.1) is 16.3 Å². The van der Waals surface area contributed by atoms with Crippen LogP contribution >= 0.6 is 23.2 Å². The quantitative estimate of drug-likeness (QED) is 0.534. The summed E-state index contributed by atoms with van der Waals surface area (Å²) < 4.78 is 29.1. The van der Waals surface area contributed by atoms with E-state index in [0.717, 1.165) is 6.26 Å². The van der Waals surface area contributed by atoms with Crippen molar-refractivity contribution in [2.24, 2.45) is 0 Å². The maximum absolute atomic E-state index is 12.0. The fraction of sp³-hybridized carbons (Fsp3) is 0.375. The second-order valence-electron chi connectivity index (χ2n) is 5.66. The minimum Gasteiger partial charge on any atom is -0.452 e. The number of hydrogen-bond donors (Lipinski definition) is 0. The SMILES string of the molecule is CS(=O)(=O)N1CCN(C(=O)COC(=O)/C=C/c2ccc(Cl)c(Cl)c2)CC1. The number of nitrogens with zero attached hydrogens (tertiary/aromatic N) is 2. The van der Waals surface area contributed by atoms with Crippen molar-refractivity contribution in [1.82, 2.24) is 9.21 Å². The van der Waals surface area contributed by atoms with Gasteiger partial charge in [0.2, 0.25) is 10.0 Å². The molecule has 1 aliphatic heterocycles. The van der Waals surface area contributed by atoms with Gasteiger partial charge in [0.15, 0.2) is 6.61 Å². The van der Waals surface area contributed by atoms with Crippen LogP contribution in [-0.2, 0) is 24.3 Å². The molecule has 0 aromatic heterocycles. The van der Waals surface area contributed by atoms with Crippen LogP contribution in [0.25, 0.3) is 6.08 Å². The first-order valence-electron chi connectivity index (χ1n) is 7.69. The Bertz CT molecular complexity index is 818. The Balaban J connectivity index is 1.79. The lowest BCUT2D eigenvalue weighted by Crippen LogP contribution is -2.51. The zero-order valence-electron chi connectivity index (χ0n) is 14.0. The van der Waals surface area contributed by atoms with Gasteiger partial charge in [-0.3, -0.25) is 4.79 Å². The van der Waals surface area contributed by atoms with E-state index in [1.165, 1.54) is 21.4 Å². The molecule has 1 saturated heterocycles. The van der Waals surface area contributed by atoms with Crippen molar-refractivity contribution in [3.8, 4) is 0 Å². The Morgan fingerprint density at radius 3 is 2.38 bits per heavy atom. The summed E-state index contributed by atoms with van der Waals surface area (Å²) in [5, 5.41) is 0.776. The summed E-state index contributed by atoms with van der Waals surface area (Å²) in [5.41, 5.74) is 0.666. The lowest BCUT2D eigenvalue weighted by molar-refractivity contribution is -0.148. The number of ether oxygens (including phenoxy) is 1. The van der Waals surface area contributed by atoms with Gasteiger partial charge in [-0.1, -0.05) is 29.3 Å². The number of carbonyl (C=O) groups excluding carboxylic acids is 2. The van der Waals surface area contributed by atoms with Crippen molar-refractivity contribution >= 4 is 51.2 Å². The van der Waals surface area contributed by atoms with Gasteiger partial charge in [-0.25, -0.2) is 13.2 Å². The largest absolute Gasteiger partial charge is 0.452 e. The minimum atomic E-state index is -3.26. The number of halogens is 2. The summed E-state index contributed by atoms with van der Waals surface area (Å²) in [6.07, 6.45) is 3.82. The average molecular weight is 421 g/mol. The highest BCUT2D eigenvalue weighted by Crippen LogP contribution is 2.23. The number of benzene rings is 1. The van der Waals surface area contributed by atoms with Crippen LogP contribution in [0, 0.1) is 0 Å². The smallest absolute Gasteiger partial charge is 0.331 e. The van der Waals surface area contributed by atoms with Gasteiger partial charge in [0, 0.05) is 32.3 Å². The number of rotatable bonds is 5. The predicted octanol–water partition coefficient (Wildman–Crippen LogP) is 1.65. The average Bonchev–Trinajstić information content (AvgIpc) is 2.60. The minimum absolute atomic E-state index is 0.232. The molecule has 2 rings (SSSR count). The highest BCUT2D eigenvalue weighted by molar-refractivity contribution is 7.88. The van der Waals surface area contributed by atoms with Gasteiger partial charge >= 0.3 is 5.97 Å². The molecule has 7 nitrogen and oxygen atoms in total. The summed E-state index contributed by atoms with van der Waals surface area (Å²) in [5.74, 6) is -1.03. The molecule has 0 unspecified atom stereocenters. The van der Waals surface area contributed by atoms with Crippen molar-refractivity contribution in [3.63, 3.8) is 0 Å². The summed E-state index contributed by atoms with van der Waals surface area (Å²) in [6, 6.07) is 4.89. The molecule has 1 aromatic carbocycles. The topological polar surface area (TPSA) is 84.0 Å². The summed E-state index contributed by atoms with van der Waals surface area (Å²) in [4.78, 5) is 25.2. The van der Waals surface area contributed by atoms with Crippen molar-refractivity contribution in [3.05, 3.63) is 39.9 Å². The Labute approximate surface area is 162 Å². The molecule has 0 radical (unpaired) electrons. The zero-order valence-corrected chi connectivity index (χ0v) is 16.4. The first kappa shape index (κ1) is 20.7. The molecule has 26 heavy (non-hydrogen) atoms. The maximum Gasteiger partial charge on any atom is 0.331 e. The molecule has 10 heteroatoms. The highest BCUT2D eigenvalue weighted by Gasteiger charge is 2.26. The van der Waals surface area contributed by atoms with E-state index in [9.17, 15) is 18.0 Å². The lowest BCUT2D eigenvalue weighted by atomic mass is 10.2. The third-order valence-electron chi connectivity index (χ3n) is 3.75. The summed E-state index contributed by atoms with van der Waals surface area (Å²) in [6.45, 7) is 0.597. The standard InChI is InChI=1S/C16H18Cl2N2O5S/c1-26(23,24)20-8-6-19(7-9-20)15(21)11-25-16(22)5-3-12-2-4-13(17)14(18)10-12/h2-5,10H,6-9,11H2,1H3/b5-3+. The molecule has 0 aliphatic carbocycles. The van der Waals surface area contributed by atoms with Gasteiger partial charge in [-0.2, -0.15) is 4.31 Å². The van der Waals surface area contributed by atoms with Gasteiger partial charge in [0.1, 0.15) is 0 Å². The summed E-state index contributed by atoms with van der Waals surface area (Å²) in [7, 11) is -3.26. The van der Waals surface area contributed by atoms with Gasteiger partial charge in [-0.15, -0.1) is 0 Å². The molecule has 0 N–H and O–H groups in total. The van der Waals surface area contributed by atoms with E-state index < -0.39 is 22.6 Å². The van der Waals surface area contributed by atoms with Crippen molar-refractivity contribution in [1.29, 1.82) is 0 Å². The Kier molecular flexibility index (Phi) is 7.05. The Hall–Kier alpha value is -1.61. The molecule has 1 aromatic rings. The van der Waals surface area contributed by atoms with E-state index in [-0.39, 0.29) is 32.1 Å². The first-order valence-corrected chi connectivity index (χ1v) is 10.3. The van der Waals surface area contributed by atoms with E-state index >= 15 is 0 Å². The van der Waals surface area contributed by atoms with Crippen LogP contribution in [0.1, 0.15) is 5.56 Å². The van der Waals surface area contributed by atoms with E-state index in [1.54, 1.807) is 18.2 Å². The van der Waals surface area contributed by atoms with Crippen LogP contribution in [-0.4, -0.2) is 68.5 Å². The molecule has 1 fully saturated rings. The van der Waals surface area contributed by atoms with Gasteiger partial charge in [0.25, 0.3) is 5.91 Å². The molecule has 0 spiro atoms. The number of amides is 1. The summed E-state index contributed by atoms with van der Waals surface area (Å²) >= 11 is 11.7. The van der Waals surface area contributed by atoms with Crippen LogP contribution in [0.15, 0.2) is 24.3 Å². The highest BCUT2D eigenvalue weighted by atomic mass is 35.5. The van der Waals surface area contributed by atoms with E-state index in [4.69, 9.17) is 27.9 Å². The fourth-order valence-electron chi connectivity index (χ4n) is 2.32. The molecule has 1 amide bonds. The molecule has 0 bridgehead atoms. The third-order valence-corrected chi connectivity index (χ3v) is 5.80. The molecule has 1 heterocycles. The molecule has 1 aliphatic rings. The van der Waals surface area contributed by atoms with Gasteiger partial charge < -0.3 is 9.64 Å². The van der Waals surface area contributed by atoms with E-state index in [2.05, 4.69) is 0 Å². The van der Waals surface area contributed by atoms with Crippen molar-refractivity contribution < 1.29 is 22.7 Å². The van der Waals surface area contributed by atoms with Gasteiger partial charge in [-0.05, 0) is 23.8 Å². The van der Waals surface area contributed by atoms with Crippen LogP contribution in [0.3, 0.4) is 0 Å². The number of esters is 1. The Morgan fingerprint density at radius 2 is 1.81 bits per heavy atom. The van der Waals surface area contributed by atoms with Crippen LogP contribution < -0.4 is 0 Å². The second kappa shape index (κ2) is 8.85. The van der Waals surface area contributed by atoms with E-state index in [1.807, 2.05) is 0 Å². The number of piperazine rings is 1. The Morgan fingerprint density at radius 1 is 1.15 bits per heavy atom. The fourth-order valence-corrected chi connectivity index (χ4v) is 3.45. The second-order valence-corrected chi connectivity index (χ2v) is 8.45. The normalized spacial score (nSPS) is 16.0. The molecule has 0 saturated carbocycles. The molecular weight excluding hydrogens is 403 g/mol.